The molecule has 0 spiro atoms. The zero-order valence-corrected chi connectivity index (χ0v) is 10.0. The molecule has 2 nitrogen and oxygen atoms in total. The van der Waals surface area contributed by atoms with Crippen LogP contribution in [0.3, 0.4) is 0 Å². The SMILES string of the molecule is CC1CCCC(C(CCC2CC2)NN)C1. The van der Waals surface area contributed by atoms with E-state index in [2.05, 4.69) is 12.3 Å². The van der Waals surface area contributed by atoms with Crippen molar-refractivity contribution in [1.29, 1.82) is 0 Å². The van der Waals surface area contributed by atoms with Crippen molar-refractivity contribution in [2.24, 2.45) is 23.6 Å². The van der Waals surface area contributed by atoms with E-state index in [1.807, 2.05) is 0 Å². The molecule has 0 amide bonds. The van der Waals surface area contributed by atoms with Crippen molar-refractivity contribution in [1.82, 2.24) is 5.43 Å². The molecule has 15 heavy (non-hydrogen) atoms. The van der Waals surface area contributed by atoms with Crippen molar-refractivity contribution in [2.45, 2.75) is 64.3 Å². The topological polar surface area (TPSA) is 38.0 Å². The van der Waals surface area contributed by atoms with Gasteiger partial charge in [-0.1, -0.05) is 32.6 Å². The summed E-state index contributed by atoms with van der Waals surface area (Å²) < 4.78 is 0. The van der Waals surface area contributed by atoms with Gasteiger partial charge in [-0.3, -0.25) is 11.3 Å². The molecule has 0 aromatic rings. The van der Waals surface area contributed by atoms with Gasteiger partial charge in [0.25, 0.3) is 0 Å². The molecular formula is C13H26N2. The van der Waals surface area contributed by atoms with Crippen LogP contribution in [0.2, 0.25) is 0 Å². The quantitative estimate of drug-likeness (QED) is 0.541. The normalized spacial score (nSPS) is 34.0. The predicted molar refractivity (Wildman–Crippen MR) is 64.2 cm³/mol. The highest BCUT2D eigenvalue weighted by Crippen LogP contribution is 2.37. The summed E-state index contributed by atoms with van der Waals surface area (Å²) in [5.41, 5.74) is 3.08. The fraction of sp³-hybridized carbons (Fsp3) is 1.00. The van der Waals surface area contributed by atoms with Crippen LogP contribution in [0.25, 0.3) is 0 Å². The molecule has 0 saturated heterocycles. The van der Waals surface area contributed by atoms with Gasteiger partial charge in [0.2, 0.25) is 0 Å². The predicted octanol–water partition coefficient (Wildman–Crippen LogP) is 2.83. The van der Waals surface area contributed by atoms with E-state index in [4.69, 9.17) is 5.84 Å². The lowest BCUT2D eigenvalue weighted by atomic mass is 9.77. The number of hydrogen-bond donors (Lipinski definition) is 2. The molecule has 3 unspecified atom stereocenters. The Labute approximate surface area is 94.0 Å². The van der Waals surface area contributed by atoms with Crippen LogP contribution in [-0.2, 0) is 0 Å². The van der Waals surface area contributed by atoms with Crippen molar-refractivity contribution in [3.8, 4) is 0 Å². The second kappa shape index (κ2) is 5.31. The summed E-state index contributed by atoms with van der Waals surface area (Å²) in [6.45, 7) is 2.39. The summed E-state index contributed by atoms with van der Waals surface area (Å²) in [6.07, 6.45) is 11.3. The first-order valence-corrected chi connectivity index (χ1v) is 6.75. The number of hydrazine groups is 1. The average molecular weight is 210 g/mol. The van der Waals surface area contributed by atoms with Gasteiger partial charge in [0, 0.05) is 6.04 Å². The monoisotopic (exact) mass is 210 g/mol. The Morgan fingerprint density at radius 1 is 1.27 bits per heavy atom. The van der Waals surface area contributed by atoms with Crippen molar-refractivity contribution in [3.63, 3.8) is 0 Å². The van der Waals surface area contributed by atoms with Gasteiger partial charge >= 0.3 is 0 Å². The van der Waals surface area contributed by atoms with Crippen LogP contribution in [0, 0.1) is 17.8 Å². The molecule has 2 aliphatic rings. The first-order valence-electron chi connectivity index (χ1n) is 6.75. The Morgan fingerprint density at radius 2 is 2.07 bits per heavy atom. The molecule has 0 radical (unpaired) electrons. The highest BCUT2D eigenvalue weighted by Gasteiger charge is 2.28. The van der Waals surface area contributed by atoms with Gasteiger partial charge in [0.05, 0.1) is 0 Å². The largest absolute Gasteiger partial charge is 0.271 e. The molecule has 0 bridgehead atoms. The van der Waals surface area contributed by atoms with Gasteiger partial charge in [-0.25, -0.2) is 0 Å². The fourth-order valence-corrected chi connectivity index (χ4v) is 3.12. The van der Waals surface area contributed by atoms with Gasteiger partial charge < -0.3 is 0 Å². The van der Waals surface area contributed by atoms with Crippen LogP contribution in [0.4, 0.5) is 0 Å². The molecule has 3 N–H and O–H groups in total. The summed E-state index contributed by atoms with van der Waals surface area (Å²) in [5.74, 6) is 8.51. The van der Waals surface area contributed by atoms with E-state index < -0.39 is 0 Å². The minimum atomic E-state index is 0.591. The third-order valence-electron chi connectivity index (χ3n) is 4.34. The molecule has 2 fully saturated rings. The standard InChI is InChI=1S/C13H26N2/c1-10-3-2-4-12(9-10)13(15-14)8-7-11-5-6-11/h10-13,15H,2-9,14H2,1H3. The Bertz CT molecular complexity index is 189. The lowest BCUT2D eigenvalue weighted by Crippen LogP contribution is -2.42. The number of nitrogens with one attached hydrogen (secondary N) is 1. The highest BCUT2D eigenvalue weighted by molar-refractivity contribution is 4.83. The summed E-state index contributed by atoms with van der Waals surface area (Å²) >= 11 is 0. The molecule has 0 heterocycles. The Morgan fingerprint density at radius 3 is 2.67 bits per heavy atom. The van der Waals surface area contributed by atoms with Crippen molar-refractivity contribution >= 4 is 0 Å². The molecule has 2 saturated carbocycles. The fourth-order valence-electron chi connectivity index (χ4n) is 3.12. The first kappa shape index (κ1) is 11.4. The minimum Gasteiger partial charge on any atom is -0.271 e. The van der Waals surface area contributed by atoms with E-state index in [0.29, 0.717) is 6.04 Å². The summed E-state index contributed by atoms with van der Waals surface area (Å²) in [6, 6.07) is 0.591. The molecule has 2 aliphatic carbocycles. The molecule has 3 atom stereocenters. The van der Waals surface area contributed by atoms with Crippen molar-refractivity contribution < 1.29 is 0 Å². The van der Waals surface area contributed by atoms with E-state index in [0.717, 1.165) is 17.8 Å². The first-order chi connectivity index (χ1) is 7.29. The number of rotatable bonds is 5. The summed E-state index contributed by atoms with van der Waals surface area (Å²) in [5, 5.41) is 0. The molecule has 2 rings (SSSR count). The number of hydrogen-bond acceptors (Lipinski definition) is 2. The van der Waals surface area contributed by atoms with Crippen LogP contribution in [0.1, 0.15) is 58.3 Å². The molecule has 0 aromatic carbocycles. The second-order valence-electron chi connectivity index (χ2n) is 5.83. The van der Waals surface area contributed by atoms with Gasteiger partial charge in [-0.2, -0.15) is 0 Å². The maximum Gasteiger partial charge on any atom is 0.0238 e. The van der Waals surface area contributed by atoms with E-state index in [-0.39, 0.29) is 0 Å². The lowest BCUT2D eigenvalue weighted by molar-refractivity contribution is 0.212. The van der Waals surface area contributed by atoms with Crippen LogP contribution < -0.4 is 11.3 Å². The lowest BCUT2D eigenvalue weighted by Gasteiger charge is -2.33. The van der Waals surface area contributed by atoms with E-state index in [9.17, 15) is 0 Å². The molecule has 0 aliphatic heterocycles. The third-order valence-corrected chi connectivity index (χ3v) is 4.34. The van der Waals surface area contributed by atoms with Crippen molar-refractivity contribution in [3.05, 3.63) is 0 Å². The maximum absolute atomic E-state index is 5.71. The Kier molecular flexibility index (Phi) is 4.04. The zero-order valence-electron chi connectivity index (χ0n) is 10.0. The van der Waals surface area contributed by atoms with Crippen LogP contribution in [0.5, 0.6) is 0 Å². The van der Waals surface area contributed by atoms with Crippen molar-refractivity contribution in [2.75, 3.05) is 0 Å². The molecule has 0 aromatic heterocycles. The number of nitrogens with two attached hydrogens (primary N) is 1. The summed E-state index contributed by atoms with van der Waals surface area (Å²) in [7, 11) is 0. The molecule has 88 valence electrons. The van der Waals surface area contributed by atoms with Gasteiger partial charge in [0.1, 0.15) is 0 Å². The molecular weight excluding hydrogens is 184 g/mol. The van der Waals surface area contributed by atoms with E-state index in [1.54, 1.807) is 0 Å². The van der Waals surface area contributed by atoms with Crippen LogP contribution >= 0.6 is 0 Å². The Hall–Kier alpha value is -0.0800. The average Bonchev–Trinajstić information content (AvgIpc) is 3.03. The maximum atomic E-state index is 5.71. The van der Waals surface area contributed by atoms with Crippen LogP contribution in [0.15, 0.2) is 0 Å². The second-order valence-corrected chi connectivity index (χ2v) is 5.83. The highest BCUT2D eigenvalue weighted by atomic mass is 15.2. The van der Waals surface area contributed by atoms with Crippen LogP contribution in [-0.4, -0.2) is 6.04 Å². The zero-order chi connectivity index (χ0) is 10.7. The molecule has 2 heteroatoms. The van der Waals surface area contributed by atoms with E-state index >= 15 is 0 Å². The summed E-state index contributed by atoms with van der Waals surface area (Å²) in [4.78, 5) is 0. The third kappa shape index (κ3) is 3.46. The van der Waals surface area contributed by atoms with E-state index in [1.165, 1.54) is 51.4 Å². The van der Waals surface area contributed by atoms with Gasteiger partial charge in [-0.15, -0.1) is 0 Å². The smallest absolute Gasteiger partial charge is 0.0238 e. The minimum absolute atomic E-state index is 0.591. The van der Waals surface area contributed by atoms with Gasteiger partial charge in [-0.05, 0) is 43.4 Å². The Balaban J connectivity index is 1.75. The van der Waals surface area contributed by atoms with Gasteiger partial charge in [0.15, 0.2) is 0 Å².